The molecule has 1 aliphatic rings. The maximum atomic E-state index is 13.8. The molecule has 2 atom stereocenters. The highest BCUT2D eigenvalue weighted by Crippen LogP contribution is 2.30. The van der Waals surface area contributed by atoms with Crippen molar-refractivity contribution in [1.82, 2.24) is 9.21 Å². The van der Waals surface area contributed by atoms with E-state index in [1.807, 2.05) is 0 Å². The summed E-state index contributed by atoms with van der Waals surface area (Å²) >= 11 is 9.41. The highest BCUT2D eigenvalue weighted by molar-refractivity contribution is 9.10. The molecule has 1 aliphatic heterocycles. The number of sulfonamides is 1. The number of esters is 2. The summed E-state index contributed by atoms with van der Waals surface area (Å²) in [5, 5.41) is 1.99. The molecular weight excluding hydrogens is 612 g/mol. The molecule has 9 nitrogen and oxygen atoms in total. The number of hydrogen-bond acceptors (Lipinski definition) is 7. The first-order chi connectivity index (χ1) is 18.5. The smallest absolute Gasteiger partial charge is 0.307 e. The van der Waals surface area contributed by atoms with Crippen LogP contribution in [0.1, 0.15) is 23.2 Å². The van der Waals surface area contributed by atoms with E-state index < -0.39 is 40.0 Å². The molecule has 4 rings (SSSR count). The van der Waals surface area contributed by atoms with Crippen molar-refractivity contribution in [2.75, 3.05) is 27.3 Å². The Hall–Kier alpha value is -2.99. The summed E-state index contributed by atoms with van der Waals surface area (Å²) in [6, 6.07) is 14.7. The van der Waals surface area contributed by atoms with E-state index >= 15 is 0 Å². The van der Waals surface area contributed by atoms with Gasteiger partial charge in [0.25, 0.3) is 5.91 Å². The number of ether oxygens (including phenoxy) is 2. The van der Waals surface area contributed by atoms with E-state index in [1.165, 1.54) is 29.5 Å². The number of nitrogens with zero attached hydrogens (tertiary/aromatic N) is 2. The molecule has 12 heteroatoms. The van der Waals surface area contributed by atoms with Gasteiger partial charge in [-0.1, -0.05) is 39.7 Å². The van der Waals surface area contributed by atoms with Gasteiger partial charge >= 0.3 is 11.9 Å². The zero-order chi connectivity index (χ0) is 28.3. The van der Waals surface area contributed by atoms with Crippen LogP contribution in [0, 0.1) is 0 Å². The SMILES string of the molecule is COC(=O)C[C@@H]1CN(S(=O)(=O)c2ccc3cc(Cl)ccc3c2)C[C@@H](CC(=O)OC)N1C(=O)c1ccc(Br)cc1. The fourth-order valence-corrected chi connectivity index (χ4v) is 6.67. The lowest BCUT2D eigenvalue weighted by molar-refractivity contribution is -0.143. The van der Waals surface area contributed by atoms with Gasteiger partial charge in [0, 0.05) is 28.1 Å². The Morgan fingerprint density at radius 3 is 1.97 bits per heavy atom. The van der Waals surface area contributed by atoms with Crippen molar-refractivity contribution in [3.05, 3.63) is 75.7 Å². The van der Waals surface area contributed by atoms with Gasteiger partial charge < -0.3 is 14.4 Å². The molecular formula is C27H26BrClN2O7S. The average molecular weight is 638 g/mol. The van der Waals surface area contributed by atoms with Gasteiger partial charge in [0.05, 0.1) is 44.0 Å². The number of methoxy groups -OCH3 is 2. The van der Waals surface area contributed by atoms with Crippen LogP contribution in [-0.4, -0.2) is 74.9 Å². The number of carbonyl (C=O) groups is 3. The monoisotopic (exact) mass is 636 g/mol. The second kappa shape index (κ2) is 12.0. The fraction of sp³-hybridized carbons (Fsp3) is 0.296. The predicted molar refractivity (Wildman–Crippen MR) is 149 cm³/mol. The minimum absolute atomic E-state index is 0.0404. The van der Waals surface area contributed by atoms with Crippen LogP contribution < -0.4 is 0 Å². The first kappa shape index (κ1) is 29.0. The summed E-state index contributed by atoms with van der Waals surface area (Å²) in [5.41, 5.74) is 0.326. The number of piperazine rings is 1. The normalized spacial score (nSPS) is 18.1. The second-order valence-corrected chi connectivity index (χ2v) is 12.4. The third kappa shape index (κ3) is 6.43. The van der Waals surface area contributed by atoms with Crippen molar-refractivity contribution in [3.63, 3.8) is 0 Å². The van der Waals surface area contributed by atoms with Gasteiger partial charge in [-0.25, -0.2) is 8.42 Å². The molecule has 1 fully saturated rings. The molecule has 39 heavy (non-hydrogen) atoms. The summed E-state index contributed by atoms with van der Waals surface area (Å²) in [5.74, 6) is -1.68. The van der Waals surface area contributed by atoms with Gasteiger partial charge in [-0.3, -0.25) is 14.4 Å². The van der Waals surface area contributed by atoms with Crippen molar-refractivity contribution in [3.8, 4) is 0 Å². The minimum atomic E-state index is -4.08. The van der Waals surface area contributed by atoms with Crippen molar-refractivity contribution >= 4 is 66.2 Å². The Balaban J connectivity index is 1.75. The molecule has 3 aromatic rings. The van der Waals surface area contributed by atoms with Crippen LogP contribution in [0.2, 0.25) is 5.02 Å². The molecule has 0 N–H and O–H groups in total. The highest BCUT2D eigenvalue weighted by Gasteiger charge is 2.44. The van der Waals surface area contributed by atoms with E-state index in [1.54, 1.807) is 54.6 Å². The van der Waals surface area contributed by atoms with Gasteiger partial charge in [0.2, 0.25) is 10.0 Å². The molecule has 0 aromatic heterocycles. The molecule has 1 heterocycles. The van der Waals surface area contributed by atoms with Gasteiger partial charge in [0.15, 0.2) is 0 Å². The van der Waals surface area contributed by atoms with E-state index in [4.69, 9.17) is 21.1 Å². The molecule has 206 valence electrons. The van der Waals surface area contributed by atoms with Gasteiger partial charge in [-0.05, 0) is 59.3 Å². The van der Waals surface area contributed by atoms with E-state index in [9.17, 15) is 22.8 Å². The number of rotatable bonds is 7. The molecule has 0 spiro atoms. The minimum Gasteiger partial charge on any atom is -0.469 e. The Bertz CT molecular complexity index is 1490. The number of amides is 1. The zero-order valence-electron chi connectivity index (χ0n) is 21.2. The van der Waals surface area contributed by atoms with Crippen LogP contribution in [0.5, 0.6) is 0 Å². The van der Waals surface area contributed by atoms with Gasteiger partial charge in [-0.15, -0.1) is 0 Å². The lowest BCUT2D eigenvalue weighted by atomic mass is 10.00. The van der Waals surface area contributed by atoms with Crippen LogP contribution >= 0.6 is 27.5 Å². The zero-order valence-corrected chi connectivity index (χ0v) is 24.3. The highest BCUT2D eigenvalue weighted by atomic mass is 79.9. The van der Waals surface area contributed by atoms with Crippen LogP contribution in [0.15, 0.2) is 70.0 Å². The fourth-order valence-electron chi connectivity index (χ4n) is 4.67. The molecule has 1 amide bonds. The Morgan fingerprint density at radius 1 is 0.872 bits per heavy atom. The third-order valence-electron chi connectivity index (χ3n) is 6.61. The summed E-state index contributed by atoms with van der Waals surface area (Å²) in [7, 11) is -1.65. The van der Waals surface area contributed by atoms with Crippen LogP contribution in [0.25, 0.3) is 10.8 Å². The predicted octanol–water partition coefficient (Wildman–Crippen LogP) is 4.27. The second-order valence-electron chi connectivity index (χ2n) is 9.06. The van der Waals surface area contributed by atoms with Crippen LogP contribution in [-0.2, 0) is 29.1 Å². The quantitative estimate of drug-likeness (QED) is 0.356. The van der Waals surface area contributed by atoms with E-state index in [-0.39, 0.29) is 30.8 Å². The topological polar surface area (TPSA) is 110 Å². The number of fused-ring (bicyclic) bond motifs is 1. The molecule has 0 unspecified atom stereocenters. The number of carbonyl (C=O) groups excluding carboxylic acids is 3. The lowest BCUT2D eigenvalue weighted by Crippen LogP contribution is -2.62. The van der Waals surface area contributed by atoms with Crippen molar-refractivity contribution in [1.29, 1.82) is 0 Å². The largest absolute Gasteiger partial charge is 0.469 e. The summed E-state index contributed by atoms with van der Waals surface area (Å²) in [4.78, 5) is 39.9. The molecule has 0 aliphatic carbocycles. The van der Waals surface area contributed by atoms with Gasteiger partial charge in [0.1, 0.15) is 0 Å². The maximum Gasteiger partial charge on any atom is 0.307 e. The summed E-state index contributed by atoms with van der Waals surface area (Å²) < 4.78 is 39.4. The third-order valence-corrected chi connectivity index (χ3v) is 9.20. The average Bonchev–Trinajstić information content (AvgIpc) is 2.92. The number of benzene rings is 3. The summed E-state index contributed by atoms with van der Waals surface area (Å²) in [6.45, 7) is -0.341. The Kier molecular flexibility index (Phi) is 8.95. The number of hydrogen-bond donors (Lipinski definition) is 0. The van der Waals surface area contributed by atoms with E-state index in [0.717, 1.165) is 9.86 Å². The lowest BCUT2D eigenvalue weighted by Gasteiger charge is -2.45. The number of halogens is 2. The van der Waals surface area contributed by atoms with Gasteiger partial charge in [-0.2, -0.15) is 4.31 Å². The summed E-state index contributed by atoms with van der Waals surface area (Å²) in [6.07, 6.45) is -0.530. The van der Waals surface area contributed by atoms with Crippen molar-refractivity contribution in [2.24, 2.45) is 0 Å². The van der Waals surface area contributed by atoms with Crippen LogP contribution in [0.3, 0.4) is 0 Å². The Labute approximate surface area is 239 Å². The standard InChI is InChI=1S/C27H26BrClN2O7S/c1-37-25(32)13-22-15-30(39(35,36)24-10-6-18-11-21(29)9-5-19(18)12-24)16-23(14-26(33)38-2)31(22)27(34)17-3-7-20(28)8-4-17/h3-12,22-23H,13-16H2,1-2H3/t22-,23-/m1/s1. The van der Waals surface area contributed by atoms with Crippen LogP contribution in [0.4, 0.5) is 0 Å². The molecule has 0 saturated carbocycles. The van der Waals surface area contributed by atoms with E-state index in [0.29, 0.717) is 16.0 Å². The first-order valence-electron chi connectivity index (χ1n) is 11.9. The first-order valence-corrected chi connectivity index (χ1v) is 14.6. The van der Waals surface area contributed by atoms with E-state index in [2.05, 4.69) is 15.9 Å². The van der Waals surface area contributed by atoms with Crippen molar-refractivity contribution in [2.45, 2.75) is 29.8 Å². The maximum absolute atomic E-state index is 13.8. The van der Waals surface area contributed by atoms with Crippen molar-refractivity contribution < 1.29 is 32.3 Å². The molecule has 0 radical (unpaired) electrons. The molecule has 3 aromatic carbocycles. The molecule has 0 bridgehead atoms. The molecule has 1 saturated heterocycles. The Morgan fingerprint density at radius 2 is 1.41 bits per heavy atom.